The number of benzene rings is 1. The van der Waals surface area contributed by atoms with Crippen molar-refractivity contribution in [3.05, 3.63) is 34.9 Å². The Morgan fingerprint density at radius 3 is 2.09 bits per heavy atom. The minimum atomic E-state index is -0.995. The van der Waals surface area contributed by atoms with Gasteiger partial charge in [-0.05, 0) is 6.07 Å². The molecule has 6 nitrogen and oxygen atoms in total. The fourth-order valence-electron chi connectivity index (χ4n) is 1.82. The highest BCUT2D eigenvalue weighted by molar-refractivity contribution is 6.31. The van der Waals surface area contributed by atoms with Crippen LogP contribution >= 0.6 is 11.6 Å². The molecule has 0 aromatic heterocycles. The Hall–Kier alpha value is -2.08. The standard InChI is InChI=1S/C15H17ClO6/c1-9(17)20-8-14(21-10(2)18)15(22-11(3)19)12-6-4-5-7-13(12)16/h4-7,14-15H,8H2,1-3H3/t14-,15-/m0/s1. The molecule has 0 aliphatic heterocycles. The Morgan fingerprint density at radius 2 is 1.59 bits per heavy atom. The molecule has 0 saturated heterocycles. The summed E-state index contributed by atoms with van der Waals surface area (Å²) in [6.07, 6.45) is -1.97. The topological polar surface area (TPSA) is 78.9 Å². The minimum absolute atomic E-state index is 0.252. The third-order valence-corrected chi connectivity index (χ3v) is 2.95. The van der Waals surface area contributed by atoms with Crippen molar-refractivity contribution in [1.82, 2.24) is 0 Å². The largest absolute Gasteiger partial charge is 0.462 e. The number of ether oxygens (including phenoxy) is 3. The van der Waals surface area contributed by atoms with E-state index in [1.165, 1.54) is 20.8 Å². The van der Waals surface area contributed by atoms with Gasteiger partial charge in [0.05, 0.1) is 0 Å². The molecule has 1 aromatic carbocycles. The van der Waals surface area contributed by atoms with Gasteiger partial charge < -0.3 is 14.2 Å². The number of esters is 3. The van der Waals surface area contributed by atoms with Crippen LogP contribution < -0.4 is 0 Å². The lowest BCUT2D eigenvalue weighted by molar-refractivity contribution is -0.173. The van der Waals surface area contributed by atoms with Gasteiger partial charge in [-0.25, -0.2) is 0 Å². The van der Waals surface area contributed by atoms with E-state index in [4.69, 9.17) is 25.8 Å². The summed E-state index contributed by atoms with van der Waals surface area (Å²) >= 11 is 6.11. The molecule has 0 bridgehead atoms. The number of hydrogen-bond acceptors (Lipinski definition) is 6. The number of rotatable bonds is 6. The lowest BCUT2D eigenvalue weighted by Gasteiger charge is -2.26. The molecule has 1 rings (SSSR count). The van der Waals surface area contributed by atoms with E-state index in [9.17, 15) is 14.4 Å². The van der Waals surface area contributed by atoms with Crippen LogP contribution in [0.15, 0.2) is 24.3 Å². The predicted molar refractivity (Wildman–Crippen MR) is 78.1 cm³/mol. The molecule has 0 unspecified atom stereocenters. The van der Waals surface area contributed by atoms with Gasteiger partial charge in [0.1, 0.15) is 6.61 Å². The van der Waals surface area contributed by atoms with E-state index < -0.39 is 30.1 Å². The molecular weight excluding hydrogens is 312 g/mol. The quantitative estimate of drug-likeness (QED) is 0.589. The average Bonchev–Trinajstić information content (AvgIpc) is 2.41. The summed E-state index contributed by atoms with van der Waals surface area (Å²) in [5.74, 6) is -1.72. The molecule has 120 valence electrons. The van der Waals surface area contributed by atoms with Crippen LogP contribution in [0.2, 0.25) is 5.02 Å². The van der Waals surface area contributed by atoms with Crippen molar-refractivity contribution >= 4 is 29.5 Å². The van der Waals surface area contributed by atoms with Crippen molar-refractivity contribution < 1.29 is 28.6 Å². The monoisotopic (exact) mass is 328 g/mol. The molecular formula is C15H17ClO6. The second kappa shape index (κ2) is 8.38. The maximum atomic E-state index is 11.4. The fourth-order valence-corrected chi connectivity index (χ4v) is 2.06. The summed E-state index contributed by atoms with van der Waals surface area (Å²) in [5, 5.41) is 0.341. The van der Waals surface area contributed by atoms with Crippen molar-refractivity contribution in [2.45, 2.75) is 33.0 Å². The lowest BCUT2D eigenvalue weighted by atomic mass is 10.0. The molecule has 22 heavy (non-hydrogen) atoms. The number of hydrogen-bond donors (Lipinski definition) is 0. The summed E-state index contributed by atoms with van der Waals surface area (Å²) in [4.78, 5) is 33.6. The van der Waals surface area contributed by atoms with Crippen LogP contribution in [0.4, 0.5) is 0 Å². The van der Waals surface area contributed by atoms with Gasteiger partial charge in [-0.15, -0.1) is 0 Å². The smallest absolute Gasteiger partial charge is 0.303 e. The second-order valence-electron chi connectivity index (χ2n) is 4.50. The zero-order valence-electron chi connectivity index (χ0n) is 12.5. The predicted octanol–water partition coefficient (Wildman–Crippen LogP) is 2.44. The summed E-state index contributed by atoms with van der Waals surface area (Å²) in [6, 6.07) is 6.67. The first-order valence-electron chi connectivity index (χ1n) is 6.53. The van der Waals surface area contributed by atoms with E-state index in [2.05, 4.69) is 0 Å². The molecule has 7 heteroatoms. The first-order valence-corrected chi connectivity index (χ1v) is 6.91. The molecule has 1 aromatic rings. The third-order valence-electron chi connectivity index (χ3n) is 2.61. The summed E-state index contributed by atoms with van der Waals surface area (Å²) < 4.78 is 15.2. The normalized spacial score (nSPS) is 12.9. The van der Waals surface area contributed by atoms with E-state index in [0.717, 1.165) is 0 Å². The highest BCUT2D eigenvalue weighted by atomic mass is 35.5. The van der Waals surface area contributed by atoms with E-state index in [-0.39, 0.29) is 6.61 Å². The van der Waals surface area contributed by atoms with E-state index in [1.54, 1.807) is 24.3 Å². The number of carbonyl (C=O) groups excluding carboxylic acids is 3. The molecule has 0 amide bonds. The molecule has 0 N–H and O–H groups in total. The van der Waals surface area contributed by atoms with Gasteiger partial charge in [-0.3, -0.25) is 14.4 Å². The number of halogens is 1. The van der Waals surface area contributed by atoms with Crippen LogP contribution in [0.1, 0.15) is 32.4 Å². The van der Waals surface area contributed by atoms with Gasteiger partial charge in [0.2, 0.25) is 0 Å². The van der Waals surface area contributed by atoms with Crippen LogP contribution in [0.5, 0.6) is 0 Å². The first kappa shape index (κ1) is 18.0. The molecule has 0 saturated carbocycles. The van der Waals surface area contributed by atoms with Gasteiger partial charge in [0.25, 0.3) is 0 Å². The van der Waals surface area contributed by atoms with E-state index >= 15 is 0 Å². The maximum absolute atomic E-state index is 11.4. The maximum Gasteiger partial charge on any atom is 0.303 e. The van der Waals surface area contributed by atoms with Crippen molar-refractivity contribution in [2.24, 2.45) is 0 Å². The van der Waals surface area contributed by atoms with Crippen LogP contribution in [0.25, 0.3) is 0 Å². The SMILES string of the molecule is CC(=O)OC[C@H](OC(C)=O)[C@@H](OC(C)=O)c1ccccc1Cl. The average molecular weight is 329 g/mol. The molecule has 0 heterocycles. The Morgan fingerprint density at radius 1 is 1.00 bits per heavy atom. The van der Waals surface area contributed by atoms with Crippen LogP contribution in [-0.4, -0.2) is 30.6 Å². The summed E-state index contributed by atoms with van der Waals surface area (Å²) in [7, 11) is 0. The van der Waals surface area contributed by atoms with Crippen LogP contribution in [-0.2, 0) is 28.6 Å². The highest BCUT2D eigenvalue weighted by Crippen LogP contribution is 2.30. The first-order chi connectivity index (χ1) is 10.3. The minimum Gasteiger partial charge on any atom is -0.462 e. The molecule has 0 spiro atoms. The van der Waals surface area contributed by atoms with Crippen molar-refractivity contribution in [3.63, 3.8) is 0 Å². The third kappa shape index (κ3) is 5.73. The fraction of sp³-hybridized carbons (Fsp3) is 0.400. The lowest BCUT2D eigenvalue weighted by Crippen LogP contribution is -2.33. The Kier molecular flexibility index (Phi) is 6.85. The van der Waals surface area contributed by atoms with Gasteiger partial charge in [0.15, 0.2) is 12.2 Å². The zero-order chi connectivity index (χ0) is 16.7. The van der Waals surface area contributed by atoms with Crippen LogP contribution in [0.3, 0.4) is 0 Å². The Balaban J connectivity index is 3.12. The Bertz CT molecular complexity index is 557. The van der Waals surface area contributed by atoms with Crippen molar-refractivity contribution in [1.29, 1.82) is 0 Å². The van der Waals surface area contributed by atoms with Gasteiger partial charge in [-0.2, -0.15) is 0 Å². The van der Waals surface area contributed by atoms with E-state index in [0.29, 0.717) is 10.6 Å². The molecule has 0 aliphatic rings. The molecule has 2 atom stereocenters. The summed E-state index contributed by atoms with van der Waals surface area (Å²) in [6.45, 7) is 3.40. The number of carbonyl (C=O) groups is 3. The van der Waals surface area contributed by atoms with Gasteiger partial charge in [0, 0.05) is 31.4 Å². The second-order valence-corrected chi connectivity index (χ2v) is 4.91. The zero-order valence-corrected chi connectivity index (χ0v) is 13.3. The molecule has 0 fully saturated rings. The molecule has 0 radical (unpaired) electrons. The summed E-state index contributed by atoms with van der Waals surface area (Å²) in [5.41, 5.74) is 0.456. The van der Waals surface area contributed by atoms with Crippen LogP contribution in [0, 0.1) is 0 Å². The van der Waals surface area contributed by atoms with Gasteiger partial charge >= 0.3 is 17.9 Å². The Labute approximate surface area is 133 Å². The molecule has 0 aliphatic carbocycles. The highest BCUT2D eigenvalue weighted by Gasteiger charge is 2.31. The van der Waals surface area contributed by atoms with E-state index in [1.807, 2.05) is 0 Å². The van der Waals surface area contributed by atoms with Crippen molar-refractivity contribution in [2.75, 3.05) is 6.61 Å². The van der Waals surface area contributed by atoms with Gasteiger partial charge in [-0.1, -0.05) is 29.8 Å². The van der Waals surface area contributed by atoms with Crippen molar-refractivity contribution in [3.8, 4) is 0 Å².